The van der Waals surface area contributed by atoms with E-state index < -0.39 is 42.2 Å². The molecule has 0 fully saturated rings. The van der Waals surface area contributed by atoms with Crippen molar-refractivity contribution in [1.29, 1.82) is 0 Å². The van der Waals surface area contributed by atoms with Crippen LogP contribution in [-0.4, -0.2) is 43.9 Å². The topological polar surface area (TPSA) is 94.5 Å². The molecule has 1 heterocycles. The predicted molar refractivity (Wildman–Crippen MR) is 143 cm³/mol. The van der Waals surface area contributed by atoms with Crippen molar-refractivity contribution in [2.45, 2.75) is 38.3 Å². The Morgan fingerprint density at radius 2 is 1.83 bits per heavy atom. The molecule has 0 saturated carbocycles. The third kappa shape index (κ3) is 6.36. The van der Waals surface area contributed by atoms with Crippen LogP contribution in [0.2, 0.25) is 5.02 Å². The van der Waals surface area contributed by atoms with Gasteiger partial charge in [-0.1, -0.05) is 23.7 Å². The van der Waals surface area contributed by atoms with Crippen LogP contribution >= 0.6 is 11.6 Å². The minimum absolute atomic E-state index is 0.0253. The highest BCUT2D eigenvalue weighted by atomic mass is 35.5. The van der Waals surface area contributed by atoms with Crippen LogP contribution in [0.15, 0.2) is 54.6 Å². The number of ether oxygens (including phenoxy) is 4. The molecule has 0 unspecified atom stereocenters. The normalized spacial score (nSPS) is 17.0. The van der Waals surface area contributed by atoms with E-state index in [-0.39, 0.29) is 52.1 Å². The first-order valence-electron chi connectivity index (χ1n) is 12.5. The fraction of sp³-hybridized carbons (Fsp3) is 0.310. The van der Waals surface area contributed by atoms with Crippen LogP contribution in [0.1, 0.15) is 41.7 Å². The van der Waals surface area contributed by atoms with Crippen LogP contribution in [0, 0.1) is 0 Å². The number of alkyl halides is 3. The number of methoxy groups -OCH3 is 2. The quantitative estimate of drug-likeness (QED) is 0.318. The molecule has 1 aliphatic rings. The number of rotatable bonds is 8. The Kier molecular flexibility index (Phi) is 8.98. The van der Waals surface area contributed by atoms with Crippen LogP contribution in [0.4, 0.5) is 18.9 Å². The van der Waals surface area contributed by atoms with E-state index in [0.29, 0.717) is 5.75 Å². The number of carbonyl (C=O) groups is 2. The predicted octanol–water partition coefficient (Wildman–Crippen LogP) is 6.06. The second-order valence-corrected chi connectivity index (χ2v) is 9.45. The van der Waals surface area contributed by atoms with E-state index in [1.54, 1.807) is 25.1 Å². The van der Waals surface area contributed by atoms with Crippen molar-refractivity contribution in [1.82, 2.24) is 0 Å². The van der Waals surface area contributed by atoms with Gasteiger partial charge in [-0.3, -0.25) is 9.59 Å². The maximum Gasteiger partial charge on any atom is 0.416 e. The lowest BCUT2D eigenvalue weighted by Gasteiger charge is -2.26. The number of aromatic hydroxyl groups is 1. The number of anilines is 1. The molecule has 2 atom stereocenters. The van der Waals surface area contributed by atoms with Gasteiger partial charge in [-0.25, -0.2) is 0 Å². The lowest BCUT2D eigenvalue weighted by atomic mass is 9.96. The van der Waals surface area contributed by atoms with Gasteiger partial charge in [-0.15, -0.1) is 0 Å². The minimum Gasteiger partial charge on any atom is -0.507 e. The van der Waals surface area contributed by atoms with E-state index in [1.807, 2.05) is 0 Å². The van der Waals surface area contributed by atoms with Crippen molar-refractivity contribution in [3.05, 3.63) is 81.9 Å². The smallest absolute Gasteiger partial charge is 0.416 e. The van der Waals surface area contributed by atoms with Crippen LogP contribution in [-0.2, 0) is 31.8 Å². The number of amides is 1. The molecule has 12 heteroatoms. The van der Waals surface area contributed by atoms with Gasteiger partial charge in [0.2, 0.25) is 0 Å². The van der Waals surface area contributed by atoms with E-state index in [2.05, 4.69) is 0 Å². The molecule has 3 aromatic rings. The summed E-state index contributed by atoms with van der Waals surface area (Å²) < 4.78 is 63.3. The highest BCUT2D eigenvalue weighted by molar-refractivity contribution is 6.33. The van der Waals surface area contributed by atoms with Crippen molar-refractivity contribution in [3.8, 4) is 17.2 Å². The molecule has 0 radical (unpaired) electrons. The molecule has 1 aliphatic heterocycles. The van der Waals surface area contributed by atoms with E-state index in [1.165, 1.54) is 37.3 Å². The standard InChI is InChI=1S/C29H27ClF3NO7/c1-4-40-25(36)14-24-28(37)34(15-16-8-10-18(38-2)13-22(16)35)21-11-9-17(29(31,32)33)12-20(21)27(41-24)19-6-5-7-23(39-3)26(19)30/h5-13,24,27,35H,4,14-15H2,1-3H3/t24-,27-/m0/s1. The maximum atomic E-state index is 14.0. The highest BCUT2D eigenvalue weighted by Crippen LogP contribution is 2.45. The number of fused-ring (bicyclic) bond motifs is 1. The summed E-state index contributed by atoms with van der Waals surface area (Å²) in [5, 5.41) is 10.7. The number of carbonyl (C=O) groups excluding carboxylic acids is 2. The first-order chi connectivity index (χ1) is 19.5. The number of halogens is 4. The van der Waals surface area contributed by atoms with Gasteiger partial charge in [-0.2, -0.15) is 13.2 Å². The molecule has 41 heavy (non-hydrogen) atoms. The van der Waals surface area contributed by atoms with Crippen LogP contribution in [0.5, 0.6) is 17.2 Å². The zero-order valence-electron chi connectivity index (χ0n) is 22.3. The van der Waals surface area contributed by atoms with Crippen molar-refractivity contribution >= 4 is 29.2 Å². The Hall–Kier alpha value is -3.96. The zero-order chi connectivity index (χ0) is 29.9. The molecule has 4 rings (SSSR count). The number of hydrogen-bond donors (Lipinski definition) is 1. The van der Waals surface area contributed by atoms with Gasteiger partial charge in [0.15, 0.2) is 0 Å². The molecule has 8 nitrogen and oxygen atoms in total. The zero-order valence-corrected chi connectivity index (χ0v) is 23.1. The Labute approximate surface area is 239 Å². The summed E-state index contributed by atoms with van der Waals surface area (Å²) in [5.41, 5.74) is -0.427. The van der Waals surface area contributed by atoms with Crippen molar-refractivity contribution in [3.63, 3.8) is 0 Å². The largest absolute Gasteiger partial charge is 0.507 e. The van der Waals surface area contributed by atoms with Gasteiger partial charge < -0.3 is 29.0 Å². The number of nitrogens with zero attached hydrogens (tertiary/aromatic N) is 1. The summed E-state index contributed by atoms with van der Waals surface area (Å²) in [5.74, 6) is -1.07. The minimum atomic E-state index is -4.71. The molecule has 218 valence electrons. The van der Waals surface area contributed by atoms with Gasteiger partial charge in [0, 0.05) is 22.8 Å². The first kappa shape index (κ1) is 30.0. The van der Waals surface area contributed by atoms with Crippen molar-refractivity contribution in [2.24, 2.45) is 0 Å². The van der Waals surface area contributed by atoms with E-state index >= 15 is 0 Å². The molecule has 3 aromatic carbocycles. The third-order valence-corrected chi connectivity index (χ3v) is 6.95. The molecular weight excluding hydrogens is 567 g/mol. The Balaban J connectivity index is 1.94. The molecule has 0 aromatic heterocycles. The number of phenolic OH excluding ortho intramolecular Hbond substituents is 1. The van der Waals surface area contributed by atoms with Crippen LogP contribution in [0.3, 0.4) is 0 Å². The molecule has 0 saturated heterocycles. The summed E-state index contributed by atoms with van der Waals surface area (Å²) in [6, 6.07) is 12.0. The molecule has 0 spiro atoms. The van der Waals surface area contributed by atoms with Crippen molar-refractivity contribution in [2.75, 3.05) is 25.7 Å². The summed E-state index contributed by atoms with van der Waals surface area (Å²) in [4.78, 5) is 27.6. The van der Waals surface area contributed by atoms with Gasteiger partial charge in [0.25, 0.3) is 5.91 Å². The summed E-state index contributed by atoms with van der Waals surface area (Å²) in [6.45, 7) is 1.39. The highest BCUT2D eigenvalue weighted by Gasteiger charge is 2.41. The second-order valence-electron chi connectivity index (χ2n) is 9.07. The summed E-state index contributed by atoms with van der Waals surface area (Å²) in [7, 11) is 2.80. The Morgan fingerprint density at radius 1 is 1.07 bits per heavy atom. The fourth-order valence-electron chi connectivity index (χ4n) is 4.55. The molecule has 1 N–H and O–H groups in total. The first-order valence-corrected chi connectivity index (χ1v) is 12.9. The fourth-order valence-corrected chi connectivity index (χ4v) is 4.85. The number of esters is 1. The Bertz CT molecular complexity index is 1450. The summed E-state index contributed by atoms with van der Waals surface area (Å²) >= 11 is 6.58. The van der Waals surface area contributed by atoms with Crippen LogP contribution in [0.25, 0.3) is 0 Å². The molecule has 1 amide bonds. The lowest BCUT2D eigenvalue weighted by molar-refractivity contribution is -0.151. The average molecular weight is 594 g/mol. The second kappa shape index (κ2) is 12.3. The maximum absolute atomic E-state index is 14.0. The number of phenols is 1. The van der Waals surface area contributed by atoms with Crippen molar-refractivity contribution < 1.29 is 46.8 Å². The van der Waals surface area contributed by atoms with E-state index in [4.69, 9.17) is 30.5 Å². The molecular formula is C29H27ClF3NO7. The third-order valence-electron chi connectivity index (χ3n) is 6.54. The monoisotopic (exact) mass is 593 g/mol. The van der Waals surface area contributed by atoms with Gasteiger partial charge >= 0.3 is 12.1 Å². The molecule has 0 aliphatic carbocycles. The van der Waals surface area contributed by atoms with Gasteiger partial charge in [-0.05, 0) is 43.3 Å². The van der Waals surface area contributed by atoms with Gasteiger partial charge in [0.1, 0.15) is 29.5 Å². The van der Waals surface area contributed by atoms with E-state index in [9.17, 15) is 27.9 Å². The average Bonchev–Trinajstić information content (AvgIpc) is 3.04. The Morgan fingerprint density at radius 3 is 2.46 bits per heavy atom. The van der Waals surface area contributed by atoms with Crippen LogP contribution < -0.4 is 14.4 Å². The van der Waals surface area contributed by atoms with E-state index in [0.717, 1.165) is 18.2 Å². The van der Waals surface area contributed by atoms with Gasteiger partial charge in [0.05, 0.1) is 50.1 Å². The number of benzene rings is 3. The SMILES string of the molecule is CCOC(=O)C[C@@H]1O[C@@H](c2cccc(OC)c2Cl)c2cc(C(F)(F)F)ccc2N(Cc2ccc(OC)cc2O)C1=O. The lowest BCUT2D eigenvalue weighted by Crippen LogP contribution is -2.40. The molecule has 0 bridgehead atoms. The number of hydrogen-bond acceptors (Lipinski definition) is 7. The summed E-state index contributed by atoms with van der Waals surface area (Å²) in [6.07, 6.45) is -8.01.